The van der Waals surface area contributed by atoms with Crippen molar-refractivity contribution in [2.24, 2.45) is 0 Å². The van der Waals surface area contributed by atoms with Crippen LogP contribution in [0.5, 0.6) is 5.75 Å². The number of rotatable bonds is 4. The van der Waals surface area contributed by atoms with Gasteiger partial charge in [-0.3, -0.25) is 9.59 Å². The second kappa shape index (κ2) is 7.80. The van der Waals surface area contributed by atoms with E-state index < -0.39 is 17.6 Å². The quantitative estimate of drug-likeness (QED) is 0.536. The molecule has 2 amide bonds. The van der Waals surface area contributed by atoms with Crippen LogP contribution in [-0.4, -0.2) is 25.5 Å². The normalized spacial score (nSPS) is 15.6. The van der Waals surface area contributed by atoms with Crippen molar-refractivity contribution in [3.8, 4) is 5.75 Å². The van der Waals surface area contributed by atoms with Crippen molar-refractivity contribution < 1.29 is 18.7 Å². The van der Waals surface area contributed by atoms with Gasteiger partial charge < -0.3 is 9.64 Å². The maximum atomic E-state index is 13.8. The van der Waals surface area contributed by atoms with Gasteiger partial charge in [-0.15, -0.1) is 0 Å². The third-order valence-electron chi connectivity index (χ3n) is 5.73. The highest BCUT2D eigenvalue weighted by Gasteiger charge is 2.45. The molecule has 0 saturated heterocycles. The molecule has 0 aromatic heterocycles. The number of hydrogen-bond acceptors (Lipinski definition) is 4. The minimum Gasteiger partial charge on any atom is -0.495 e. The van der Waals surface area contributed by atoms with E-state index in [-0.39, 0.29) is 17.0 Å². The van der Waals surface area contributed by atoms with Gasteiger partial charge in [-0.05, 0) is 53.9 Å². The van der Waals surface area contributed by atoms with Crippen LogP contribution in [0.4, 0.5) is 15.8 Å². The number of imide groups is 1. The molecule has 5 rings (SSSR count). The summed E-state index contributed by atoms with van der Waals surface area (Å²) in [6.07, 6.45) is 0.748. The molecule has 0 spiro atoms. The van der Waals surface area contributed by atoms with Crippen LogP contribution in [0.15, 0.2) is 72.4 Å². The van der Waals surface area contributed by atoms with Crippen molar-refractivity contribution in [1.29, 1.82) is 0 Å². The standard InChI is InChI=1S/C25H18ClFN2O3/c1-32-21-11-8-17(26)14-20(21)29-24(30)22(16-6-9-18(27)10-7-16)23(25(29)31)28-13-12-15-4-2-3-5-19(15)28/h2-11,14H,12-13H2,1H3. The molecule has 0 aliphatic carbocycles. The topological polar surface area (TPSA) is 49.9 Å². The Labute approximate surface area is 189 Å². The van der Waals surface area contributed by atoms with Crippen LogP contribution in [0, 0.1) is 5.82 Å². The lowest BCUT2D eigenvalue weighted by molar-refractivity contribution is -0.120. The molecule has 0 bridgehead atoms. The second-order valence-corrected chi connectivity index (χ2v) is 7.96. The number of fused-ring (bicyclic) bond motifs is 1. The van der Waals surface area contributed by atoms with Crippen LogP contribution in [-0.2, 0) is 16.0 Å². The van der Waals surface area contributed by atoms with Crippen LogP contribution in [0.2, 0.25) is 5.02 Å². The van der Waals surface area contributed by atoms with Gasteiger partial charge in [0.1, 0.15) is 17.3 Å². The molecule has 2 heterocycles. The number of ether oxygens (including phenoxy) is 1. The molecular formula is C25H18ClFN2O3. The minimum absolute atomic E-state index is 0.216. The van der Waals surface area contributed by atoms with Gasteiger partial charge in [0.15, 0.2) is 0 Å². The van der Waals surface area contributed by atoms with Gasteiger partial charge in [0.05, 0.1) is 18.4 Å². The van der Waals surface area contributed by atoms with Crippen molar-refractivity contribution in [1.82, 2.24) is 0 Å². The summed E-state index contributed by atoms with van der Waals surface area (Å²) < 4.78 is 19.0. The SMILES string of the molecule is COc1ccc(Cl)cc1N1C(=O)C(c2ccc(F)cc2)=C(N2CCc3ccccc32)C1=O. The summed E-state index contributed by atoms with van der Waals surface area (Å²) in [6, 6.07) is 18.1. The molecular weight excluding hydrogens is 431 g/mol. The van der Waals surface area contributed by atoms with E-state index in [4.69, 9.17) is 16.3 Å². The number of carbonyl (C=O) groups excluding carboxylic acids is 2. The summed E-state index contributed by atoms with van der Waals surface area (Å²) >= 11 is 6.18. The molecule has 2 aliphatic rings. The van der Waals surface area contributed by atoms with E-state index >= 15 is 0 Å². The summed E-state index contributed by atoms with van der Waals surface area (Å²) in [5.41, 5.74) is 3.17. The lowest BCUT2D eigenvalue weighted by atomic mass is 10.0. The Morgan fingerprint density at radius 3 is 2.44 bits per heavy atom. The fourth-order valence-electron chi connectivity index (χ4n) is 4.27. The van der Waals surface area contributed by atoms with E-state index in [1.165, 1.54) is 37.4 Å². The number of carbonyl (C=O) groups is 2. The van der Waals surface area contributed by atoms with Gasteiger partial charge in [0, 0.05) is 17.3 Å². The minimum atomic E-state index is -0.512. The number of para-hydroxylation sites is 1. The lowest BCUT2D eigenvalue weighted by Crippen LogP contribution is -2.35. The first-order chi connectivity index (χ1) is 15.5. The van der Waals surface area contributed by atoms with E-state index in [0.29, 0.717) is 22.9 Å². The maximum Gasteiger partial charge on any atom is 0.282 e. The van der Waals surface area contributed by atoms with Crippen molar-refractivity contribution in [3.05, 3.63) is 94.4 Å². The molecule has 0 N–H and O–H groups in total. The molecule has 0 atom stereocenters. The Morgan fingerprint density at radius 2 is 1.69 bits per heavy atom. The van der Waals surface area contributed by atoms with Crippen LogP contribution < -0.4 is 14.5 Å². The summed E-state index contributed by atoms with van der Waals surface area (Å²) in [5, 5.41) is 0.365. The molecule has 160 valence electrons. The third-order valence-corrected chi connectivity index (χ3v) is 5.97. The number of halogens is 2. The number of amides is 2. The highest BCUT2D eigenvalue weighted by molar-refractivity contribution is 6.47. The van der Waals surface area contributed by atoms with E-state index in [2.05, 4.69) is 0 Å². The van der Waals surface area contributed by atoms with Crippen molar-refractivity contribution in [2.45, 2.75) is 6.42 Å². The van der Waals surface area contributed by atoms with Crippen molar-refractivity contribution in [2.75, 3.05) is 23.5 Å². The summed E-state index contributed by atoms with van der Waals surface area (Å²) in [6.45, 7) is 0.554. The van der Waals surface area contributed by atoms with Crippen LogP contribution in [0.1, 0.15) is 11.1 Å². The summed E-state index contributed by atoms with van der Waals surface area (Å²) in [4.78, 5) is 30.4. The number of anilines is 2. The van der Waals surface area contributed by atoms with Gasteiger partial charge in [0.25, 0.3) is 11.8 Å². The maximum absolute atomic E-state index is 13.8. The van der Waals surface area contributed by atoms with Crippen LogP contribution >= 0.6 is 11.6 Å². The van der Waals surface area contributed by atoms with Gasteiger partial charge in [-0.1, -0.05) is 41.9 Å². The number of methoxy groups -OCH3 is 1. The monoisotopic (exact) mass is 448 g/mol. The zero-order valence-corrected chi connectivity index (χ0v) is 17.9. The van der Waals surface area contributed by atoms with Crippen molar-refractivity contribution in [3.63, 3.8) is 0 Å². The Morgan fingerprint density at radius 1 is 0.938 bits per heavy atom. The second-order valence-electron chi connectivity index (χ2n) is 7.52. The van der Waals surface area contributed by atoms with Gasteiger partial charge >= 0.3 is 0 Å². The van der Waals surface area contributed by atoms with Gasteiger partial charge in [-0.25, -0.2) is 9.29 Å². The average molecular weight is 449 g/mol. The van der Waals surface area contributed by atoms with Gasteiger partial charge in [0.2, 0.25) is 0 Å². The Bertz CT molecular complexity index is 1290. The summed E-state index contributed by atoms with van der Waals surface area (Å²) in [5.74, 6) is -1.07. The molecule has 0 fully saturated rings. The zero-order valence-electron chi connectivity index (χ0n) is 17.1. The molecule has 2 aliphatic heterocycles. The number of nitrogens with zero attached hydrogens (tertiary/aromatic N) is 2. The molecule has 3 aromatic carbocycles. The predicted molar refractivity (Wildman–Crippen MR) is 121 cm³/mol. The molecule has 0 radical (unpaired) electrons. The highest BCUT2D eigenvalue weighted by Crippen LogP contribution is 2.42. The molecule has 0 saturated carbocycles. The van der Waals surface area contributed by atoms with Crippen LogP contribution in [0.3, 0.4) is 0 Å². The smallest absolute Gasteiger partial charge is 0.282 e. The summed E-state index contributed by atoms with van der Waals surface area (Å²) in [7, 11) is 1.46. The number of benzene rings is 3. The van der Waals surface area contributed by atoms with E-state index in [1.54, 1.807) is 12.1 Å². The molecule has 0 unspecified atom stereocenters. The molecule has 7 heteroatoms. The molecule has 32 heavy (non-hydrogen) atoms. The first-order valence-corrected chi connectivity index (χ1v) is 10.5. The Kier molecular flexibility index (Phi) is 4.94. The fraction of sp³-hybridized carbons (Fsp3) is 0.120. The average Bonchev–Trinajstić information content (AvgIpc) is 3.32. The largest absolute Gasteiger partial charge is 0.495 e. The van der Waals surface area contributed by atoms with E-state index in [9.17, 15) is 14.0 Å². The molecule has 3 aromatic rings. The fourth-order valence-corrected chi connectivity index (χ4v) is 4.44. The van der Waals surface area contributed by atoms with Gasteiger partial charge in [-0.2, -0.15) is 0 Å². The first-order valence-electron chi connectivity index (χ1n) is 10.1. The third kappa shape index (κ3) is 3.15. The van der Waals surface area contributed by atoms with E-state index in [0.717, 1.165) is 22.6 Å². The zero-order chi connectivity index (χ0) is 22.4. The number of hydrogen-bond donors (Lipinski definition) is 0. The Balaban J connectivity index is 1.71. The Hall–Kier alpha value is -3.64. The first kappa shape index (κ1) is 20.3. The lowest BCUT2D eigenvalue weighted by Gasteiger charge is -2.22. The highest BCUT2D eigenvalue weighted by atomic mass is 35.5. The molecule has 5 nitrogen and oxygen atoms in total. The predicted octanol–water partition coefficient (Wildman–Crippen LogP) is 4.83. The van der Waals surface area contributed by atoms with Crippen LogP contribution in [0.25, 0.3) is 5.57 Å². The van der Waals surface area contributed by atoms with Crippen molar-refractivity contribution >= 4 is 40.4 Å². The van der Waals surface area contributed by atoms with E-state index in [1.807, 2.05) is 29.2 Å².